The van der Waals surface area contributed by atoms with Crippen molar-refractivity contribution in [3.8, 4) is 16.9 Å². The highest BCUT2D eigenvalue weighted by atomic mass is 19.1. The summed E-state index contributed by atoms with van der Waals surface area (Å²) in [6.45, 7) is 2.88. The van der Waals surface area contributed by atoms with Gasteiger partial charge in [-0.1, -0.05) is 51.2 Å². The van der Waals surface area contributed by atoms with Crippen LogP contribution in [-0.4, -0.2) is 22.7 Å². The van der Waals surface area contributed by atoms with E-state index >= 15 is 0 Å². The molecule has 1 aromatic carbocycles. The molecule has 2 rings (SSSR count). The third-order valence-electron chi connectivity index (χ3n) is 3.96. The molecule has 4 nitrogen and oxygen atoms in total. The molecule has 1 aromatic heterocycles. The highest BCUT2D eigenvalue weighted by Crippen LogP contribution is 2.26. The minimum Gasteiger partial charge on any atom is -0.494 e. The summed E-state index contributed by atoms with van der Waals surface area (Å²) in [6, 6.07) is 7.02. The molecule has 0 fully saturated rings. The summed E-state index contributed by atoms with van der Waals surface area (Å²) in [6.07, 6.45) is 8.64. The van der Waals surface area contributed by atoms with Crippen LogP contribution in [0.4, 0.5) is 4.39 Å². The van der Waals surface area contributed by atoms with Gasteiger partial charge in [0.2, 0.25) is 0 Å². The molecule has 0 radical (unpaired) electrons. The monoisotopic (exact) mass is 333 g/mol. The molecule has 130 valence electrons. The Morgan fingerprint density at radius 3 is 2.42 bits per heavy atom. The predicted octanol–water partition coefficient (Wildman–Crippen LogP) is 5.26. The standard InChI is InChI=1S/C19H24FNO3/c1-2-3-4-5-6-7-12-24-15-10-8-14(9-11-15)16-13-21-18(17(16)20)19(22)23/h8-11,13,21H,2-7,12H2,1H3,(H,22,23). The lowest BCUT2D eigenvalue weighted by Gasteiger charge is -2.07. The summed E-state index contributed by atoms with van der Waals surface area (Å²) in [5, 5.41) is 8.87. The topological polar surface area (TPSA) is 62.3 Å². The molecule has 0 bridgehead atoms. The molecule has 0 spiro atoms. The lowest BCUT2D eigenvalue weighted by Crippen LogP contribution is -1.99. The van der Waals surface area contributed by atoms with E-state index in [4.69, 9.17) is 9.84 Å². The smallest absolute Gasteiger partial charge is 0.355 e. The number of aromatic carboxylic acids is 1. The molecule has 0 atom stereocenters. The van der Waals surface area contributed by atoms with Crippen LogP contribution in [-0.2, 0) is 0 Å². The van der Waals surface area contributed by atoms with Gasteiger partial charge in [-0.05, 0) is 24.1 Å². The SMILES string of the molecule is CCCCCCCCOc1ccc(-c2c[nH]c(C(=O)O)c2F)cc1. The van der Waals surface area contributed by atoms with Crippen molar-refractivity contribution in [2.45, 2.75) is 45.4 Å². The second-order valence-corrected chi connectivity index (χ2v) is 5.84. The largest absolute Gasteiger partial charge is 0.494 e. The number of hydrogen-bond acceptors (Lipinski definition) is 2. The minimum atomic E-state index is -1.31. The van der Waals surface area contributed by atoms with Gasteiger partial charge in [-0.3, -0.25) is 0 Å². The lowest BCUT2D eigenvalue weighted by atomic mass is 10.1. The average Bonchev–Trinajstić information content (AvgIpc) is 2.96. The van der Waals surface area contributed by atoms with Gasteiger partial charge in [-0.2, -0.15) is 0 Å². The fraction of sp³-hybridized carbons (Fsp3) is 0.421. The molecule has 0 aliphatic heterocycles. The van der Waals surface area contributed by atoms with E-state index in [9.17, 15) is 9.18 Å². The molecule has 0 amide bonds. The first-order valence-electron chi connectivity index (χ1n) is 8.47. The van der Waals surface area contributed by atoms with E-state index in [1.54, 1.807) is 24.3 Å². The number of rotatable bonds is 10. The summed E-state index contributed by atoms with van der Waals surface area (Å²) in [4.78, 5) is 13.3. The van der Waals surface area contributed by atoms with E-state index in [1.165, 1.54) is 38.3 Å². The number of halogens is 1. The van der Waals surface area contributed by atoms with E-state index in [2.05, 4.69) is 11.9 Å². The van der Waals surface area contributed by atoms with Gasteiger partial charge in [-0.15, -0.1) is 0 Å². The van der Waals surface area contributed by atoms with Crippen LogP contribution in [0.2, 0.25) is 0 Å². The van der Waals surface area contributed by atoms with E-state index in [0.717, 1.165) is 12.2 Å². The quantitative estimate of drug-likeness (QED) is 0.583. The maximum absolute atomic E-state index is 14.0. The number of carbonyl (C=O) groups is 1. The van der Waals surface area contributed by atoms with Gasteiger partial charge in [0.25, 0.3) is 0 Å². The van der Waals surface area contributed by atoms with Crippen molar-refractivity contribution in [3.05, 3.63) is 42.0 Å². The molecule has 0 aliphatic carbocycles. The second kappa shape index (κ2) is 9.11. The van der Waals surface area contributed by atoms with E-state index in [-0.39, 0.29) is 5.56 Å². The number of nitrogens with one attached hydrogen (secondary N) is 1. The Kier molecular flexibility index (Phi) is 6.85. The summed E-state index contributed by atoms with van der Waals surface area (Å²) in [5.74, 6) is -1.32. The minimum absolute atomic E-state index is 0.245. The lowest BCUT2D eigenvalue weighted by molar-refractivity contribution is 0.0686. The Bertz CT molecular complexity index is 649. The van der Waals surface area contributed by atoms with Crippen LogP contribution in [0.5, 0.6) is 5.75 Å². The fourth-order valence-electron chi connectivity index (χ4n) is 2.57. The Hall–Kier alpha value is -2.30. The maximum Gasteiger partial charge on any atom is 0.355 e. The zero-order valence-corrected chi connectivity index (χ0v) is 14.0. The van der Waals surface area contributed by atoms with Crippen LogP contribution in [0.3, 0.4) is 0 Å². The number of benzene rings is 1. The first-order chi connectivity index (χ1) is 11.6. The molecule has 1 heterocycles. The number of ether oxygens (including phenoxy) is 1. The normalized spacial score (nSPS) is 10.8. The van der Waals surface area contributed by atoms with E-state index < -0.39 is 17.5 Å². The molecule has 0 saturated carbocycles. The summed E-state index contributed by atoms with van der Waals surface area (Å²) >= 11 is 0. The third kappa shape index (κ3) is 4.85. The third-order valence-corrected chi connectivity index (χ3v) is 3.96. The Labute approximate surface area is 141 Å². The van der Waals surface area contributed by atoms with E-state index in [0.29, 0.717) is 12.2 Å². The van der Waals surface area contributed by atoms with Gasteiger partial charge < -0.3 is 14.8 Å². The van der Waals surface area contributed by atoms with Crippen molar-refractivity contribution < 1.29 is 19.0 Å². The average molecular weight is 333 g/mol. The first kappa shape index (κ1) is 18.0. The number of unbranched alkanes of at least 4 members (excludes halogenated alkanes) is 5. The van der Waals surface area contributed by atoms with Crippen molar-refractivity contribution >= 4 is 5.97 Å². The number of H-pyrrole nitrogens is 1. The zero-order chi connectivity index (χ0) is 17.4. The van der Waals surface area contributed by atoms with Gasteiger partial charge in [0.05, 0.1) is 6.61 Å². The number of carboxylic acid groups (broad SMARTS) is 1. The Balaban J connectivity index is 1.84. The van der Waals surface area contributed by atoms with Crippen LogP contribution >= 0.6 is 0 Å². The highest BCUT2D eigenvalue weighted by molar-refractivity contribution is 5.88. The van der Waals surface area contributed by atoms with Crippen LogP contribution in [0.1, 0.15) is 55.9 Å². The van der Waals surface area contributed by atoms with Crippen molar-refractivity contribution in [1.29, 1.82) is 0 Å². The van der Waals surface area contributed by atoms with Gasteiger partial charge in [0.15, 0.2) is 11.5 Å². The molecule has 24 heavy (non-hydrogen) atoms. The summed E-state index contributed by atoms with van der Waals surface area (Å²) in [7, 11) is 0. The second-order valence-electron chi connectivity index (χ2n) is 5.84. The van der Waals surface area contributed by atoms with Gasteiger partial charge >= 0.3 is 5.97 Å². The van der Waals surface area contributed by atoms with Crippen molar-refractivity contribution in [3.63, 3.8) is 0 Å². The van der Waals surface area contributed by atoms with Crippen molar-refractivity contribution in [2.24, 2.45) is 0 Å². The number of aromatic nitrogens is 1. The van der Waals surface area contributed by atoms with E-state index in [1.807, 2.05) is 0 Å². The molecule has 2 aromatic rings. The molecule has 0 saturated heterocycles. The number of aromatic amines is 1. The number of hydrogen-bond donors (Lipinski definition) is 2. The summed E-state index contributed by atoms with van der Waals surface area (Å²) in [5.41, 5.74) is 0.437. The first-order valence-corrected chi connectivity index (χ1v) is 8.47. The van der Waals surface area contributed by atoms with Crippen molar-refractivity contribution in [1.82, 2.24) is 4.98 Å². The molecule has 0 aliphatic rings. The van der Waals surface area contributed by atoms with Gasteiger partial charge in [0, 0.05) is 11.8 Å². The molecule has 2 N–H and O–H groups in total. The maximum atomic E-state index is 14.0. The molecule has 5 heteroatoms. The van der Waals surface area contributed by atoms with Crippen molar-refractivity contribution in [2.75, 3.05) is 6.61 Å². The van der Waals surface area contributed by atoms with Crippen LogP contribution in [0.25, 0.3) is 11.1 Å². The fourth-order valence-corrected chi connectivity index (χ4v) is 2.57. The number of carboxylic acids is 1. The van der Waals surface area contributed by atoms with Crippen LogP contribution < -0.4 is 4.74 Å². The van der Waals surface area contributed by atoms with Crippen LogP contribution in [0.15, 0.2) is 30.5 Å². The van der Waals surface area contributed by atoms with Gasteiger partial charge in [-0.25, -0.2) is 9.18 Å². The zero-order valence-electron chi connectivity index (χ0n) is 14.0. The molecular formula is C19H24FNO3. The highest BCUT2D eigenvalue weighted by Gasteiger charge is 2.17. The Morgan fingerprint density at radius 1 is 1.12 bits per heavy atom. The predicted molar refractivity (Wildman–Crippen MR) is 92.0 cm³/mol. The molecule has 0 unspecified atom stereocenters. The van der Waals surface area contributed by atoms with Crippen LogP contribution in [0, 0.1) is 5.82 Å². The molecular weight excluding hydrogens is 309 g/mol. The summed E-state index contributed by atoms with van der Waals surface area (Å²) < 4.78 is 19.7. The van der Waals surface area contributed by atoms with Gasteiger partial charge in [0.1, 0.15) is 5.75 Å². The Morgan fingerprint density at radius 2 is 1.79 bits per heavy atom.